The van der Waals surface area contributed by atoms with Crippen LogP contribution in [0.5, 0.6) is 0 Å². The molecule has 1 amide bonds. The number of hydrogen-bond donors (Lipinski definition) is 1. The molecule has 0 bridgehead atoms. The number of carbonyl (C=O) groups excluding carboxylic acids is 1. The quantitative estimate of drug-likeness (QED) is 0.923. The lowest BCUT2D eigenvalue weighted by Crippen LogP contribution is -2.45. The number of amides is 1. The normalized spacial score (nSPS) is 25.7. The molecule has 1 aliphatic carbocycles. The molecule has 6 heteroatoms. The van der Waals surface area contributed by atoms with E-state index in [0.29, 0.717) is 31.0 Å². The highest BCUT2D eigenvalue weighted by Gasteiger charge is 2.34. The minimum atomic E-state index is -0.807. The highest BCUT2D eigenvalue weighted by molar-refractivity contribution is 5.95. The van der Waals surface area contributed by atoms with Crippen LogP contribution < -0.4 is 0 Å². The number of carboxylic acid groups (broad SMARTS) is 1. The SMILES string of the molecule is CC1CC(C(=O)O)CN(C(=O)c2cn(C)nc2C2CCCCC2)C1. The summed E-state index contributed by atoms with van der Waals surface area (Å²) in [6, 6.07) is 0. The number of carbonyl (C=O) groups is 2. The minimum absolute atomic E-state index is 0.0542. The van der Waals surface area contributed by atoms with Crippen molar-refractivity contribution in [2.45, 2.75) is 51.4 Å². The van der Waals surface area contributed by atoms with Crippen molar-refractivity contribution >= 4 is 11.9 Å². The summed E-state index contributed by atoms with van der Waals surface area (Å²) in [6.07, 6.45) is 8.27. The topological polar surface area (TPSA) is 75.4 Å². The number of carboxylic acids is 1. The van der Waals surface area contributed by atoms with E-state index in [2.05, 4.69) is 5.10 Å². The van der Waals surface area contributed by atoms with Crippen molar-refractivity contribution in [2.24, 2.45) is 18.9 Å². The van der Waals surface area contributed by atoms with Crippen LogP contribution in [0, 0.1) is 11.8 Å². The van der Waals surface area contributed by atoms with E-state index in [0.717, 1.165) is 18.5 Å². The van der Waals surface area contributed by atoms with Crippen molar-refractivity contribution in [3.05, 3.63) is 17.5 Å². The average molecular weight is 333 g/mol. The molecule has 2 atom stereocenters. The van der Waals surface area contributed by atoms with E-state index in [1.54, 1.807) is 15.8 Å². The Hall–Kier alpha value is -1.85. The van der Waals surface area contributed by atoms with Crippen LogP contribution in [0.1, 0.15) is 67.4 Å². The van der Waals surface area contributed by atoms with Crippen LogP contribution in [0.15, 0.2) is 6.20 Å². The number of aliphatic carboxylic acids is 1. The Bertz CT molecular complexity index is 619. The van der Waals surface area contributed by atoms with Crippen LogP contribution in [0.25, 0.3) is 0 Å². The van der Waals surface area contributed by atoms with E-state index in [4.69, 9.17) is 0 Å². The van der Waals surface area contributed by atoms with Gasteiger partial charge in [-0.15, -0.1) is 0 Å². The fraction of sp³-hybridized carbons (Fsp3) is 0.722. The van der Waals surface area contributed by atoms with Gasteiger partial charge in [0.05, 0.1) is 17.2 Å². The summed E-state index contributed by atoms with van der Waals surface area (Å²) in [4.78, 5) is 26.2. The first-order valence-corrected chi connectivity index (χ1v) is 9.01. The summed E-state index contributed by atoms with van der Waals surface area (Å²) in [6.45, 7) is 2.94. The number of aromatic nitrogens is 2. The van der Waals surface area contributed by atoms with Gasteiger partial charge in [-0.1, -0.05) is 26.2 Å². The van der Waals surface area contributed by atoms with E-state index in [1.165, 1.54) is 19.3 Å². The lowest BCUT2D eigenvalue weighted by Gasteiger charge is -2.35. The molecule has 1 aromatic heterocycles. The number of rotatable bonds is 3. The Morgan fingerprint density at radius 3 is 2.58 bits per heavy atom. The number of hydrogen-bond acceptors (Lipinski definition) is 3. The maximum Gasteiger partial charge on any atom is 0.308 e. The molecule has 24 heavy (non-hydrogen) atoms. The molecule has 2 fully saturated rings. The van der Waals surface area contributed by atoms with E-state index in [9.17, 15) is 14.7 Å². The van der Waals surface area contributed by atoms with Gasteiger partial charge < -0.3 is 10.0 Å². The van der Waals surface area contributed by atoms with Gasteiger partial charge in [0.25, 0.3) is 5.91 Å². The van der Waals surface area contributed by atoms with Crippen molar-refractivity contribution in [1.82, 2.24) is 14.7 Å². The van der Waals surface area contributed by atoms with Gasteiger partial charge in [-0.05, 0) is 25.2 Å². The third-order valence-electron chi connectivity index (χ3n) is 5.38. The summed E-state index contributed by atoms with van der Waals surface area (Å²) >= 11 is 0. The van der Waals surface area contributed by atoms with Crippen LogP contribution in [-0.2, 0) is 11.8 Å². The Labute approximate surface area is 142 Å². The maximum absolute atomic E-state index is 13.1. The summed E-state index contributed by atoms with van der Waals surface area (Å²) < 4.78 is 1.72. The summed E-state index contributed by atoms with van der Waals surface area (Å²) in [7, 11) is 1.85. The van der Waals surface area contributed by atoms with Gasteiger partial charge in [0.2, 0.25) is 0 Å². The number of nitrogens with zero attached hydrogens (tertiary/aromatic N) is 3. The Balaban J connectivity index is 1.82. The van der Waals surface area contributed by atoms with Crippen molar-refractivity contribution in [2.75, 3.05) is 13.1 Å². The van der Waals surface area contributed by atoms with Crippen LogP contribution >= 0.6 is 0 Å². The van der Waals surface area contributed by atoms with Crippen LogP contribution in [0.3, 0.4) is 0 Å². The fourth-order valence-electron chi connectivity index (χ4n) is 4.21. The zero-order valence-electron chi connectivity index (χ0n) is 14.6. The molecule has 3 rings (SSSR count). The Morgan fingerprint density at radius 1 is 1.21 bits per heavy atom. The number of aryl methyl sites for hydroxylation is 1. The van der Waals surface area contributed by atoms with E-state index in [-0.39, 0.29) is 11.8 Å². The zero-order valence-corrected chi connectivity index (χ0v) is 14.6. The molecule has 2 aliphatic rings. The van der Waals surface area contributed by atoms with Gasteiger partial charge >= 0.3 is 5.97 Å². The molecule has 6 nitrogen and oxygen atoms in total. The molecular formula is C18H27N3O3. The summed E-state index contributed by atoms with van der Waals surface area (Å²) in [5, 5.41) is 13.9. The van der Waals surface area contributed by atoms with Crippen LogP contribution in [0.2, 0.25) is 0 Å². The molecule has 0 radical (unpaired) electrons. The van der Waals surface area contributed by atoms with Crippen molar-refractivity contribution < 1.29 is 14.7 Å². The van der Waals surface area contributed by atoms with Gasteiger partial charge in [0, 0.05) is 32.3 Å². The van der Waals surface area contributed by atoms with Gasteiger partial charge in [-0.2, -0.15) is 5.10 Å². The molecule has 2 unspecified atom stereocenters. The van der Waals surface area contributed by atoms with Crippen molar-refractivity contribution in [3.63, 3.8) is 0 Å². The van der Waals surface area contributed by atoms with Gasteiger partial charge in [0.15, 0.2) is 0 Å². The van der Waals surface area contributed by atoms with Gasteiger partial charge in [-0.25, -0.2) is 0 Å². The maximum atomic E-state index is 13.1. The van der Waals surface area contributed by atoms with Crippen molar-refractivity contribution in [1.29, 1.82) is 0 Å². The molecule has 1 aromatic rings. The average Bonchev–Trinajstić information content (AvgIpc) is 2.96. The smallest absolute Gasteiger partial charge is 0.308 e. The second kappa shape index (κ2) is 6.95. The summed E-state index contributed by atoms with van der Waals surface area (Å²) in [5.74, 6) is -0.762. The Kier molecular flexibility index (Phi) is 4.92. The van der Waals surface area contributed by atoms with E-state index < -0.39 is 11.9 Å². The molecule has 1 saturated carbocycles. The third kappa shape index (κ3) is 3.47. The molecule has 1 N–H and O–H groups in total. The summed E-state index contributed by atoms with van der Waals surface area (Å²) in [5.41, 5.74) is 1.58. The highest BCUT2D eigenvalue weighted by Crippen LogP contribution is 2.34. The standard InChI is InChI=1S/C18H27N3O3/c1-12-8-14(18(23)24)10-21(9-12)17(22)15-11-20(2)19-16(15)13-6-4-3-5-7-13/h11-14H,3-10H2,1-2H3,(H,23,24). The first kappa shape index (κ1) is 17.0. The van der Waals surface area contributed by atoms with Gasteiger partial charge in [-0.3, -0.25) is 14.3 Å². The molecule has 1 aliphatic heterocycles. The van der Waals surface area contributed by atoms with Crippen LogP contribution in [0.4, 0.5) is 0 Å². The lowest BCUT2D eigenvalue weighted by atomic mass is 9.85. The number of likely N-dealkylation sites (tertiary alicyclic amines) is 1. The molecule has 0 aromatic carbocycles. The number of piperidine rings is 1. The van der Waals surface area contributed by atoms with E-state index >= 15 is 0 Å². The second-order valence-corrected chi connectivity index (χ2v) is 7.52. The Morgan fingerprint density at radius 2 is 1.92 bits per heavy atom. The lowest BCUT2D eigenvalue weighted by molar-refractivity contribution is -0.143. The molecule has 0 spiro atoms. The van der Waals surface area contributed by atoms with Crippen molar-refractivity contribution in [3.8, 4) is 0 Å². The monoisotopic (exact) mass is 333 g/mol. The minimum Gasteiger partial charge on any atom is -0.481 e. The van der Waals surface area contributed by atoms with Crippen LogP contribution in [-0.4, -0.2) is 44.8 Å². The fourth-order valence-corrected chi connectivity index (χ4v) is 4.21. The zero-order chi connectivity index (χ0) is 17.3. The molecule has 132 valence electrons. The third-order valence-corrected chi connectivity index (χ3v) is 5.38. The predicted octanol–water partition coefficient (Wildman–Crippen LogP) is 2.65. The highest BCUT2D eigenvalue weighted by atomic mass is 16.4. The predicted molar refractivity (Wildman–Crippen MR) is 89.8 cm³/mol. The molecule has 2 heterocycles. The largest absolute Gasteiger partial charge is 0.481 e. The van der Waals surface area contributed by atoms with E-state index in [1.807, 2.05) is 14.0 Å². The second-order valence-electron chi connectivity index (χ2n) is 7.52. The first-order chi connectivity index (χ1) is 11.5. The molecule has 1 saturated heterocycles. The molecular weight excluding hydrogens is 306 g/mol. The first-order valence-electron chi connectivity index (χ1n) is 9.01. The van der Waals surface area contributed by atoms with Gasteiger partial charge in [0.1, 0.15) is 0 Å².